The van der Waals surface area contributed by atoms with Gasteiger partial charge in [-0.2, -0.15) is 0 Å². The van der Waals surface area contributed by atoms with Crippen LogP contribution < -0.4 is 5.73 Å². The lowest BCUT2D eigenvalue weighted by atomic mass is 9.81. The number of fused-ring (bicyclic) bond motifs is 6. The summed E-state index contributed by atoms with van der Waals surface area (Å²) in [6.07, 6.45) is 6.12. The molecule has 59 heavy (non-hydrogen) atoms. The minimum Gasteiger partial charge on any atom is -0.413 e. The van der Waals surface area contributed by atoms with Gasteiger partial charge in [-0.3, -0.25) is 4.79 Å². The van der Waals surface area contributed by atoms with Crippen LogP contribution in [0.15, 0.2) is 24.3 Å². The molecule has 2 N–H and O–H groups in total. The number of carbonyl (C=O) groups is 1. The number of ketones is 1. The third kappa shape index (κ3) is 8.29. The number of carbonyl (C=O) groups excluding carboxylic acids is 1. The Morgan fingerprint density at radius 2 is 1.51 bits per heavy atom. The summed E-state index contributed by atoms with van der Waals surface area (Å²) < 4.78 is 68.0. The van der Waals surface area contributed by atoms with Gasteiger partial charge in [0.1, 0.15) is 36.3 Å². The summed E-state index contributed by atoms with van der Waals surface area (Å²) in [7, 11) is -0.378. The van der Waals surface area contributed by atoms with Gasteiger partial charge in [0.25, 0.3) is 0 Å². The van der Waals surface area contributed by atoms with Gasteiger partial charge >= 0.3 is 0 Å². The largest absolute Gasteiger partial charge is 0.413 e. The first-order valence-electron chi connectivity index (χ1n) is 23.1. The predicted molar refractivity (Wildman–Crippen MR) is 222 cm³/mol. The number of methoxy groups -OCH3 is 1. The molecule has 10 aliphatic rings. The number of rotatable bonds is 6. The number of Topliss-reactive ketones (excluding diaryl/α,β-unsaturated/α-hetero) is 1. The van der Waals surface area contributed by atoms with E-state index in [2.05, 4.69) is 53.9 Å². The van der Waals surface area contributed by atoms with E-state index in [-0.39, 0.29) is 114 Å². The first kappa shape index (κ1) is 43.2. The van der Waals surface area contributed by atoms with Crippen LogP contribution in [0.1, 0.15) is 111 Å². The van der Waals surface area contributed by atoms with Gasteiger partial charge < -0.3 is 52.8 Å². The zero-order valence-electron chi connectivity index (χ0n) is 36.8. The third-order valence-electron chi connectivity index (χ3n) is 16.2. The number of hydrogen-bond donors (Lipinski definition) is 1. The summed E-state index contributed by atoms with van der Waals surface area (Å²) in [5, 5.41) is 0.0348. The Kier molecular flexibility index (Phi) is 12.1. The van der Waals surface area contributed by atoms with Gasteiger partial charge in [-0.15, -0.1) is 0 Å². The molecule has 10 fully saturated rings. The first-order valence-corrected chi connectivity index (χ1v) is 26.0. The molecule has 0 aromatic heterocycles. The summed E-state index contributed by atoms with van der Waals surface area (Å²) in [6, 6.07) is 0. The molecule has 19 atom stereocenters. The molecule has 13 heteroatoms. The molecule has 10 rings (SSSR count). The maximum atomic E-state index is 14.4. The molecule has 0 aromatic carbocycles. The molecule has 0 radical (unpaired) electrons. The fraction of sp³-hybridized carbons (Fsp3) is 0.891. The molecular formula is C46H73NO11Si. The number of hydrogen-bond acceptors (Lipinski definition) is 12. The summed E-state index contributed by atoms with van der Waals surface area (Å²) >= 11 is 0. The van der Waals surface area contributed by atoms with Crippen LogP contribution in [0.25, 0.3) is 0 Å². The summed E-state index contributed by atoms with van der Waals surface area (Å²) in [4.78, 5) is 14.4. The molecule has 0 amide bonds. The topological polar surface area (TPSA) is 135 Å². The molecule has 0 saturated carbocycles. The molecule has 1 spiro atoms. The molecule has 332 valence electrons. The monoisotopic (exact) mass is 843 g/mol. The van der Waals surface area contributed by atoms with Crippen molar-refractivity contribution in [3.05, 3.63) is 24.3 Å². The van der Waals surface area contributed by atoms with Crippen molar-refractivity contribution in [3.8, 4) is 0 Å². The first-order chi connectivity index (χ1) is 28.0. The maximum Gasteiger partial charge on any atom is 0.192 e. The average molecular weight is 844 g/mol. The predicted octanol–water partition coefficient (Wildman–Crippen LogP) is 6.47. The molecule has 10 aliphatic heterocycles. The Balaban J connectivity index is 0.984. The minimum atomic E-state index is -2.12. The quantitative estimate of drug-likeness (QED) is 0.232. The highest BCUT2D eigenvalue weighted by Crippen LogP contribution is 2.54. The third-order valence-corrected chi connectivity index (χ3v) is 20.8. The lowest BCUT2D eigenvalue weighted by Gasteiger charge is -2.47. The van der Waals surface area contributed by atoms with E-state index in [0.717, 1.165) is 56.1 Å². The van der Waals surface area contributed by atoms with E-state index in [1.165, 1.54) is 0 Å². The van der Waals surface area contributed by atoms with Gasteiger partial charge in [0.15, 0.2) is 14.1 Å². The second kappa shape index (κ2) is 16.5. The van der Waals surface area contributed by atoms with Crippen LogP contribution in [-0.4, -0.2) is 131 Å². The highest BCUT2D eigenvalue weighted by Gasteiger charge is 2.69. The highest BCUT2D eigenvalue weighted by molar-refractivity contribution is 6.74. The second-order valence-electron chi connectivity index (χ2n) is 21.3. The Bertz CT molecular complexity index is 1590. The van der Waals surface area contributed by atoms with Gasteiger partial charge in [0.05, 0.1) is 67.1 Å². The van der Waals surface area contributed by atoms with Crippen molar-refractivity contribution >= 4 is 14.1 Å². The zero-order chi connectivity index (χ0) is 41.6. The summed E-state index contributed by atoms with van der Waals surface area (Å²) in [5.41, 5.74) is 8.65. The Hall–Kier alpha value is -1.07. The summed E-state index contributed by atoms with van der Waals surface area (Å²) in [5.74, 6) is -0.530. The Morgan fingerprint density at radius 1 is 0.797 bits per heavy atom. The molecule has 12 nitrogen and oxygen atoms in total. The van der Waals surface area contributed by atoms with Crippen molar-refractivity contribution in [2.75, 3.05) is 13.7 Å². The molecule has 0 aromatic rings. The Labute approximate surface area is 353 Å². The standard InChI is InChI=1S/C46H73NO11Si/c1-24-16-28-10-12-33-25(2)17-30(50-33)14-15-46-22-38-41(56-46)42-43(55-38)44(57-46)40-34(54-42)13-11-29(52-40)18-27(48)19-32-36(21-35(51-28)26(24)3)53-37(39(32)49-7)20-31(23-47)58-59(8,9)45(4,5)6/h24,28-44H,2-3,10-23,47H2,1,4-9H3/t24-,28+,29?,30+,31+,32+,33?,34+,35?,36+,37?,38-,39-,40+,41?,42+,43-,44+,46+/m1/s1. The lowest BCUT2D eigenvalue weighted by Crippen LogP contribution is -2.61. The van der Waals surface area contributed by atoms with Gasteiger partial charge in [0, 0.05) is 58.1 Å². The summed E-state index contributed by atoms with van der Waals surface area (Å²) in [6.45, 7) is 22.9. The number of ether oxygens (including phenoxy) is 9. The molecule has 10 heterocycles. The lowest BCUT2D eigenvalue weighted by molar-refractivity contribution is -0.292. The molecule has 0 aliphatic carbocycles. The van der Waals surface area contributed by atoms with E-state index in [1.807, 2.05) is 0 Å². The minimum absolute atomic E-state index is 0.0111. The van der Waals surface area contributed by atoms with E-state index in [1.54, 1.807) is 7.11 Å². The molecule has 10 saturated heterocycles. The zero-order valence-corrected chi connectivity index (χ0v) is 37.8. The smallest absolute Gasteiger partial charge is 0.192 e. The molecule has 5 unspecified atom stereocenters. The van der Waals surface area contributed by atoms with Crippen LogP contribution >= 0.6 is 0 Å². The van der Waals surface area contributed by atoms with E-state index in [0.29, 0.717) is 51.0 Å². The van der Waals surface area contributed by atoms with Gasteiger partial charge in [-0.1, -0.05) is 40.9 Å². The molecular weight excluding hydrogens is 771 g/mol. The second-order valence-corrected chi connectivity index (χ2v) is 26.0. The van der Waals surface area contributed by atoms with Crippen molar-refractivity contribution in [2.45, 2.75) is 233 Å². The fourth-order valence-electron chi connectivity index (χ4n) is 12.0. The highest BCUT2D eigenvalue weighted by atomic mass is 28.4. The van der Waals surface area contributed by atoms with Crippen LogP contribution in [0, 0.1) is 11.8 Å². The van der Waals surface area contributed by atoms with E-state index >= 15 is 0 Å². The van der Waals surface area contributed by atoms with Crippen LogP contribution in [0.2, 0.25) is 18.1 Å². The van der Waals surface area contributed by atoms with Crippen LogP contribution in [0.4, 0.5) is 0 Å². The van der Waals surface area contributed by atoms with Gasteiger partial charge in [0.2, 0.25) is 0 Å². The number of nitrogens with two attached hydrogens (primary N) is 1. The van der Waals surface area contributed by atoms with Crippen LogP contribution in [0.3, 0.4) is 0 Å². The van der Waals surface area contributed by atoms with E-state index < -0.39 is 14.1 Å². The van der Waals surface area contributed by atoms with Gasteiger partial charge in [-0.25, -0.2) is 0 Å². The van der Waals surface area contributed by atoms with Crippen LogP contribution in [0.5, 0.6) is 0 Å². The average Bonchev–Trinajstić information content (AvgIpc) is 3.85. The van der Waals surface area contributed by atoms with Gasteiger partial charge in [-0.05, 0) is 80.1 Å². The van der Waals surface area contributed by atoms with Crippen molar-refractivity contribution in [2.24, 2.45) is 17.6 Å². The van der Waals surface area contributed by atoms with E-state index in [4.69, 9.17) is 52.8 Å². The SMILES string of the molecule is C=C1C[C@@H]2CC[C@@]34C[C@H]5O[C@H]6[C@@H](O3)[C@H]3OC(CC[C@@H]3O[C@H]6C5O4)CC(=O)C[C@H]3[C@H](CC4O[C@@H](CCC1O2)C[C@@H](C)C4=C)OC(C[C@@H](CN)O[Si](C)(C)C(C)(C)C)[C@@H]3OC. The normalized spacial score (nSPS) is 48.2. The van der Waals surface area contributed by atoms with Crippen molar-refractivity contribution in [1.82, 2.24) is 0 Å². The maximum absolute atomic E-state index is 14.4. The van der Waals surface area contributed by atoms with Crippen molar-refractivity contribution in [1.29, 1.82) is 0 Å². The van der Waals surface area contributed by atoms with Crippen LogP contribution in [-0.2, 0) is 51.9 Å². The van der Waals surface area contributed by atoms with Crippen molar-refractivity contribution in [3.63, 3.8) is 0 Å². The van der Waals surface area contributed by atoms with Crippen molar-refractivity contribution < 1.29 is 51.9 Å². The fourth-order valence-corrected chi connectivity index (χ4v) is 13.3. The van der Waals surface area contributed by atoms with E-state index in [9.17, 15) is 4.79 Å². The Morgan fingerprint density at radius 3 is 2.27 bits per heavy atom. The molecule has 12 bridgehead atoms.